The van der Waals surface area contributed by atoms with Gasteiger partial charge in [0.1, 0.15) is 0 Å². The first-order chi connectivity index (χ1) is 10.7. The molecule has 0 saturated carbocycles. The molecule has 2 heterocycles. The number of allylic oxidation sites excluding steroid dienone is 2. The van der Waals surface area contributed by atoms with Crippen LogP contribution in [0.4, 0.5) is 0 Å². The lowest BCUT2D eigenvalue weighted by Gasteiger charge is -2.17. The van der Waals surface area contributed by atoms with Gasteiger partial charge in [-0.05, 0) is 77.5 Å². The number of rotatable bonds is 5. The first kappa shape index (κ1) is 15.1. The Morgan fingerprint density at radius 2 is 1.73 bits per heavy atom. The Balaban J connectivity index is 1.64. The molecule has 0 unspecified atom stereocenters. The van der Waals surface area contributed by atoms with Crippen molar-refractivity contribution in [2.24, 2.45) is 0 Å². The topological polar surface area (TPSA) is 12.9 Å². The van der Waals surface area contributed by atoms with Crippen LogP contribution in [0, 0.1) is 0 Å². The lowest BCUT2D eigenvalue weighted by molar-refractivity contribution is 0.889. The van der Waals surface area contributed by atoms with Gasteiger partial charge in [-0.25, -0.2) is 0 Å². The van der Waals surface area contributed by atoms with Crippen LogP contribution in [0.25, 0.3) is 11.1 Å². The fourth-order valence-corrected chi connectivity index (χ4v) is 3.81. The van der Waals surface area contributed by atoms with Gasteiger partial charge in [-0.1, -0.05) is 25.3 Å². The highest BCUT2D eigenvalue weighted by Crippen LogP contribution is 2.33. The van der Waals surface area contributed by atoms with E-state index in [-0.39, 0.29) is 0 Å². The number of nitrogens with zero attached hydrogens (tertiary/aromatic N) is 1. The molecule has 22 heavy (non-hydrogen) atoms. The van der Waals surface area contributed by atoms with E-state index in [2.05, 4.69) is 36.3 Å². The highest BCUT2D eigenvalue weighted by Gasteiger charge is 2.11. The van der Waals surface area contributed by atoms with Gasteiger partial charge in [-0.3, -0.25) is 4.98 Å². The normalized spacial score (nSPS) is 13.5. The second-order valence-corrected chi connectivity index (χ2v) is 6.85. The van der Waals surface area contributed by atoms with E-state index in [1.165, 1.54) is 45.8 Å². The summed E-state index contributed by atoms with van der Waals surface area (Å²) in [5, 5.41) is 0. The minimum atomic E-state index is 0.938. The van der Waals surface area contributed by atoms with Crippen LogP contribution in [0.3, 0.4) is 0 Å². The molecule has 0 amide bonds. The van der Waals surface area contributed by atoms with Crippen molar-refractivity contribution in [1.29, 1.82) is 0 Å². The van der Waals surface area contributed by atoms with E-state index >= 15 is 0 Å². The van der Waals surface area contributed by atoms with Gasteiger partial charge in [0.05, 0.1) is 0 Å². The molecule has 3 rings (SSSR count). The zero-order chi connectivity index (χ0) is 15.4. The molecule has 0 aliphatic carbocycles. The van der Waals surface area contributed by atoms with Gasteiger partial charge >= 0.3 is 0 Å². The van der Waals surface area contributed by atoms with Gasteiger partial charge in [0.25, 0.3) is 0 Å². The van der Waals surface area contributed by atoms with Crippen molar-refractivity contribution in [2.75, 3.05) is 5.75 Å². The number of aromatic nitrogens is 1. The zero-order valence-electron chi connectivity index (χ0n) is 12.8. The molecular weight excluding hydrogens is 286 g/mol. The molecule has 112 valence electrons. The number of aryl methyl sites for hydroxylation is 1. The molecule has 0 fully saturated rings. The molecule has 1 aromatic carbocycles. The molecule has 0 radical (unpaired) electrons. The van der Waals surface area contributed by atoms with Gasteiger partial charge in [-0.2, -0.15) is 0 Å². The van der Waals surface area contributed by atoms with E-state index < -0.39 is 0 Å². The minimum Gasteiger partial charge on any atom is -0.265 e. The maximum atomic E-state index is 4.28. The molecule has 1 aliphatic rings. The number of hydrogen-bond acceptors (Lipinski definition) is 2. The fourth-order valence-electron chi connectivity index (χ4n) is 2.74. The Morgan fingerprint density at radius 1 is 1.00 bits per heavy atom. The Hall–Kier alpha value is -1.80. The molecule has 0 spiro atoms. The van der Waals surface area contributed by atoms with Gasteiger partial charge in [0.15, 0.2) is 0 Å². The summed E-state index contributed by atoms with van der Waals surface area (Å²) in [7, 11) is 0. The number of pyridine rings is 1. The smallest absolute Gasteiger partial charge is 0.0273 e. The van der Waals surface area contributed by atoms with Crippen LogP contribution in [0.5, 0.6) is 0 Å². The van der Waals surface area contributed by atoms with Crippen molar-refractivity contribution in [3.63, 3.8) is 0 Å². The predicted molar refractivity (Wildman–Crippen MR) is 97.0 cm³/mol. The average molecular weight is 307 g/mol. The van der Waals surface area contributed by atoms with Gasteiger partial charge in [0, 0.05) is 17.3 Å². The summed E-state index contributed by atoms with van der Waals surface area (Å²) in [6, 6.07) is 10.8. The maximum Gasteiger partial charge on any atom is 0.0273 e. The second-order valence-electron chi connectivity index (χ2n) is 5.72. The number of hydrogen-bond donors (Lipinski definition) is 0. The third kappa shape index (κ3) is 3.50. The lowest BCUT2D eigenvalue weighted by Crippen LogP contribution is -1.99. The van der Waals surface area contributed by atoms with Crippen LogP contribution in [0.1, 0.15) is 36.0 Å². The Kier molecular flexibility index (Phi) is 4.79. The first-order valence-electron chi connectivity index (χ1n) is 7.76. The van der Waals surface area contributed by atoms with Crippen LogP contribution >= 0.6 is 11.8 Å². The Bertz CT molecular complexity index is 688. The molecule has 0 atom stereocenters. The molecule has 2 heteroatoms. The van der Waals surface area contributed by atoms with Gasteiger partial charge in [-0.15, -0.1) is 11.8 Å². The summed E-state index contributed by atoms with van der Waals surface area (Å²) in [4.78, 5) is 5.49. The minimum absolute atomic E-state index is 0.938. The third-order valence-corrected chi connectivity index (χ3v) is 5.32. The molecule has 1 aromatic heterocycles. The van der Waals surface area contributed by atoms with E-state index in [1.807, 2.05) is 36.3 Å². The Labute approximate surface area is 137 Å². The average Bonchev–Trinajstić information content (AvgIpc) is 2.59. The van der Waals surface area contributed by atoms with E-state index in [4.69, 9.17) is 0 Å². The van der Waals surface area contributed by atoms with Crippen LogP contribution in [-0.4, -0.2) is 10.7 Å². The van der Waals surface area contributed by atoms with Crippen molar-refractivity contribution >= 4 is 22.9 Å². The standard InChI is InChI=1S/C20H21NS/c1-15(17-9-11-21-12-10-17)5-6-16(2)19-8-7-18-4-3-13-22-20(18)14-19/h7-12,14H,1-6,13H2. The number of benzene rings is 1. The highest BCUT2D eigenvalue weighted by atomic mass is 32.2. The van der Waals surface area contributed by atoms with Crippen molar-refractivity contribution in [3.8, 4) is 0 Å². The van der Waals surface area contributed by atoms with E-state index in [9.17, 15) is 0 Å². The van der Waals surface area contributed by atoms with Gasteiger partial charge < -0.3 is 0 Å². The third-order valence-electron chi connectivity index (χ3n) is 4.14. The summed E-state index contributed by atoms with van der Waals surface area (Å²) in [5.41, 5.74) is 6.29. The van der Waals surface area contributed by atoms with Crippen molar-refractivity contribution in [3.05, 3.63) is 72.6 Å². The molecular formula is C20H21NS. The quantitative estimate of drug-likeness (QED) is 0.710. The molecule has 1 nitrogen and oxygen atoms in total. The highest BCUT2D eigenvalue weighted by molar-refractivity contribution is 7.99. The van der Waals surface area contributed by atoms with E-state index in [0.29, 0.717) is 0 Å². The second kappa shape index (κ2) is 6.97. The summed E-state index contributed by atoms with van der Waals surface area (Å²) >= 11 is 1.98. The van der Waals surface area contributed by atoms with Crippen LogP contribution < -0.4 is 0 Å². The molecule has 1 aliphatic heterocycles. The SMILES string of the molecule is C=C(CCC(=C)c1ccc2c(c1)SCCC2)c1ccncc1. The Morgan fingerprint density at radius 3 is 2.50 bits per heavy atom. The number of thioether (sulfide) groups is 1. The molecule has 0 bridgehead atoms. The largest absolute Gasteiger partial charge is 0.265 e. The van der Waals surface area contributed by atoms with Crippen LogP contribution in [-0.2, 0) is 6.42 Å². The van der Waals surface area contributed by atoms with E-state index in [0.717, 1.165) is 18.4 Å². The van der Waals surface area contributed by atoms with Crippen molar-refractivity contribution in [2.45, 2.75) is 30.6 Å². The van der Waals surface area contributed by atoms with Crippen molar-refractivity contribution in [1.82, 2.24) is 4.98 Å². The molecule has 2 aromatic rings. The lowest BCUT2D eigenvalue weighted by atomic mass is 9.96. The fraction of sp³-hybridized carbons (Fsp3) is 0.250. The maximum absolute atomic E-state index is 4.28. The molecule has 0 N–H and O–H groups in total. The number of fused-ring (bicyclic) bond motifs is 1. The van der Waals surface area contributed by atoms with Crippen molar-refractivity contribution < 1.29 is 0 Å². The van der Waals surface area contributed by atoms with Crippen LogP contribution in [0.15, 0.2) is 60.8 Å². The summed E-state index contributed by atoms with van der Waals surface area (Å²) in [5.74, 6) is 1.24. The van der Waals surface area contributed by atoms with E-state index in [1.54, 1.807) is 0 Å². The summed E-state index contributed by atoms with van der Waals surface area (Å²) in [6.07, 6.45) is 8.03. The van der Waals surface area contributed by atoms with Gasteiger partial charge in [0.2, 0.25) is 0 Å². The summed E-state index contributed by atoms with van der Waals surface area (Å²) < 4.78 is 0. The predicted octanol–water partition coefficient (Wildman–Crippen LogP) is 5.63. The summed E-state index contributed by atoms with van der Waals surface area (Å²) in [6.45, 7) is 8.46. The zero-order valence-corrected chi connectivity index (χ0v) is 13.7. The molecule has 0 saturated heterocycles. The monoisotopic (exact) mass is 307 g/mol. The van der Waals surface area contributed by atoms with Crippen LogP contribution in [0.2, 0.25) is 0 Å². The first-order valence-corrected chi connectivity index (χ1v) is 8.74.